The van der Waals surface area contributed by atoms with Crippen LogP contribution in [0.3, 0.4) is 0 Å². The Morgan fingerprint density at radius 1 is 1.33 bits per heavy atom. The maximum absolute atomic E-state index is 9.06. The Kier molecular flexibility index (Phi) is 2.56. The van der Waals surface area contributed by atoms with Gasteiger partial charge in [-0.3, -0.25) is 0 Å². The van der Waals surface area contributed by atoms with Gasteiger partial charge in [-0.15, -0.1) is 0 Å². The first-order chi connectivity index (χ1) is 7.24. The molecule has 2 N–H and O–H groups in total. The number of nitrogens with one attached hydrogen (secondary N) is 1. The lowest BCUT2D eigenvalue weighted by molar-refractivity contribution is 0.282. The van der Waals surface area contributed by atoms with Gasteiger partial charge in [0.1, 0.15) is 5.82 Å². The second-order valence-electron chi connectivity index (χ2n) is 3.56. The minimum atomic E-state index is 0.0756. The molecule has 1 aromatic heterocycles. The number of rotatable bonds is 2. The highest BCUT2D eigenvalue weighted by Crippen LogP contribution is 2.21. The number of aromatic nitrogens is 1. The largest absolute Gasteiger partial charge is 0.392 e. The van der Waals surface area contributed by atoms with E-state index in [4.69, 9.17) is 5.11 Å². The molecule has 0 fully saturated rings. The Labute approximate surface area is 88.8 Å². The van der Waals surface area contributed by atoms with Gasteiger partial charge in [0.15, 0.2) is 0 Å². The fraction of sp³-hybridized carbons (Fsp3) is 0.250. The van der Waals surface area contributed by atoms with Crippen molar-refractivity contribution < 1.29 is 5.11 Å². The van der Waals surface area contributed by atoms with E-state index in [0.29, 0.717) is 0 Å². The van der Waals surface area contributed by atoms with Crippen molar-refractivity contribution >= 4 is 16.6 Å². The van der Waals surface area contributed by atoms with E-state index in [1.54, 1.807) is 0 Å². The van der Waals surface area contributed by atoms with Crippen molar-refractivity contribution in [3.8, 4) is 0 Å². The van der Waals surface area contributed by atoms with Gasteiger partial charge in [-0.25, -0.2) is 4.98 Å². The quantitative estimate of drug-likeness (QED) is 0.783. The van der Waals surface area contributed by atoms with Gasteiger partial charge in [-0.05, 0) is 30.0 Å². The summed E-state index contributed by atoms with van der Waals surface area (Å²) >= 11 is 0. The molecule has 1 aromatic carbocycles. The predicted octanol–water partition coefficient (Wildman–Crippen LogP) is 2.08. The Morgan fingerprint density at radius 3 is 2.80 bits per heavy atom. The number of hydrogen-bond donors (Lipinski definition) is 2. The molecule has 2 rings (SSSR count). The number of aryl methyl sites for hydroxylation is 1. The second kappa shape index (κ2) is 3.87. The van der Waals surface area contributed by atoms with E-state index in [-0.39, 0.29) is 6.61 Å². The first-order valence-corrected chi connectivity index (χ1v) is 4.93. The Morgan fingerprint density at radius 2 is 2.13 bits per heavy atom. The molecule has 0 spiro atoms. The minimum absolute atomic E-state index is 0.0756. The molecule has 0 unspecified atom stereocenters. The van der Waals surface area contributed by atoms with Crippen molar-refractivity contribution in [1.82, 2.24) is 4.98 Å². The number of hydrogen-bond acceptors (Lipinski definition) is 3. The summed E-state index contributed by atoms with van der Waals surface area (Å²) in [6.45, 7) is 2.06. The van der Waals surface area contributed by atoms with Gasteiger partial charge in [0.25, 0.3) is 0 Å². The molecule has 0 aliphatic heterocycles. The van der Waals surface area contributed by atoms with Crippen molar-refractivity contribution in [1.29, 1.82) is 0 Å². The van der Waals surface area contributed by atoms with Gasteiger partial charge in [0.2, 0.25) is 0 Å². The van der Waals surface area contributed by atoms with Crippen LogP contribution < -0.4 is 5.32 Å². The van der Waals surface area contributed by atoms with Crippen LogP contribution in [-0.2, 0) is 6.61 Å². The maximum Gasteiger partial charge on any atom is 0.126 e. The highest BCUT2D eigenvalue weighted by Gasteiger charge is 2.02. The molecular formula is C12H14N2O. The van der Waals surface area contributed by atoms with Gasteiger partial charge in [0, 0.05) is 18.1 Å². The van der Waals surface area contributed by atoms with Crippen LogP contribution in [0.15, 0.2) is 24.3 Å². The van der Waals surface area contributed by atoms with E-state index in [1.165, 1.54) is 0 Å². The molecular weight excluding hydrogens is 188 g/mol. The summed E-state index contributed by atoms with van der Waals surface area (Å²) < 4.78 is 0. The summed E-state index contributed by atoms with van der Waals surface area (Å²) in [7, 11) is 1.85. The summed E-state index contributed by atoms with van der Waals surface area (Å²) in [6.07, 6.45) is 0. The Hall–Kier alpha value is -1.61. The van der Waals surface area contributed by atoms with Crippen LogP contribution in [-0.4, -0.2) is 17.1 Å². The highest BCUT2D eigenvalue weighted by atomic mass is 16.3. The van der Waals surface area contributed by atoms with Gasteiger partial charge in [-0.1, -0.05) is 12.1 Å². The third-order valence-electron chi connectivity index (χ3n) is 2.52. The number of anilines is 1. The summed E-state index contributed by atoms with van der Waals surface area (Å²) in [6, 6.07) is 7.91. The molecule has 0 amide bonds. The fourth-order valence-electron chi connectivity index (χ4n) is 1.71. The molecule has 0 aliphatic carbocycles. The zero-order valence-corrected chi connectivity index (χ0v) is 8.91. The molecule has 0 saturated carbocycles. The van der Waals surface area contributed by atoms with Crippen LogP contribution in [0.5, 0.6) is 0 Å². The molecule has 3 nitrogen and oxygen atoms in total. The smallest absolute Gasteiger partial charge is 0.126 e. The van der Waals surface area contributed by atoms with E-state index in [0.717, 1.165) is 27.8 Å². The minimum Gasteiger partial charge on any atom is -0.392 e. The molecule has 0 radical (unpaired) electrons. The summed E-state index contributed by atoms with van der Waals surface area (Å²) in [5, 5.41) is 14.3. The average Bonchev–Trinajstić information content (AvgIpc) is 2.28. The number of fused-ring (bicyclic) bond motifs is 1. The van der Waals surface area contributed by atoms with Crippen molar-refractivity contribution in [3.63, 3.8) is 0 Å². The molecule has 0 bridgehead atoms. The molecule has 78 valence electrons. The van der Waals surface area contributed by atoms with Crippen LogP contribution in [0.25, 0.3) is 10.8 Å². The lowest BCUT2D eigenvalue weighted by Gasteiger charge is -2.07. The zero-order chi connectivity index (χ0) is 10.8. The van der Waals surface area contributed by atoms with Gasteiger partial charge >= 0.3 is 0 Å². The number of benzene rings is 1. The predicted molar refractivity (Wildman–Crippen MR) is 61.9 cm³/mol. The van der Waals surface area contributed by atoms with Gasteiger partial charge < -0.3 is 10.4 Å². The van der Waals surface area contributed by atoms with Crippen LogP contribution >= 0.6 is 0 Å². The third kappa shape index (κ3) is 1.78. The standard InChI is InChI=1S/C12H14N2O/c1-8-11-4-3-9(7-15)5-10(11)6-12(13-2)14-8/h3-6,15H,7H2,1-2H3,(H,13,14). The van der Waals surface area contributed by atoms with E-state index in [1.807, 2.05) is 38.2 Å². The van der Waals surface area contributed by atoms with Crippen LogP contribution in [0.1, 0.15) is 11.3 Å². The zero-order valence-electron chi connectivity index (χ0n) is 8.91. The Bertz CT molecular complexity index is 489. The SMILES string of the molecule is CNc1cc2cc(CO)ccc2c(C)n1. The summed E-state index contributed by atoms with van der Waals surface area (Å²) in [5.41, 5.74) is 1.93. The number of pyridine rings is 1. The fourth-order valence-corrected chi connectivity index (χ4v) is 1.71. The molecule has 0 atom stereocenters. The van der Waals surface area contributed by atoms with Gasteiger partial charge in [0.05, 0.1) is 6.61 Å². The molecule has 0 aliphatic rings. The Balaban J connectivity index is 2.69. The van der Waals surface area contributed by atoms with Gasteiger partial charge in [-0.2, -0.15) is 0 Å². The molecule has 1 heterocycles. The first-order valence-electron chi connectivity index (χ1n) is 4.93. The first kappa shape index (κ1) is 9.93. The highest BCUT2D eigenvalue weighted by molar-refractivity contribution is 5.87. The summed E-state index contributed by atoms with van der Waals surface area (Å²) in [4.78, 5) is 4.40. The van der Waals surface area contributed by atoms with Crippen molar-refractivity contribution in [2.75, 3.05) is 12.4 Å². The third-order valence-corrected chi connectivity index (χ3v) is 2.52. The van der Waals surface area contributed by atoms with Crippen molar-refractivity contribution in [2.24, 2.45) is 0 Å². The lowest BCUT2D eigenvalue weighted by atomic mass is 10.1. The average molecular weight is 202 g/mol. The number of aliphatic hydroxyl groups is 1. The molecule has 15 heavy (non-hydrogen) atoms. The molecule has 2 aromatic rings. The van der Waals surface area contributed by atoms with Crippen LogP contribution in [0.2, 0.25) is 0 Å². The molecule has 3 heteroatoms. The van der Waals surface area contributed by atoms with Crippen LogP contribution in [0.4, 0.5) is 5.82 Å². The lowest BCUT2D eigenvalue weighted by Crippen LogP contribution is -1.95. The normalized spacial score (nSPS) is 10.6. The van der Waals surface area contributed by atoms with E-state index in [9.17, 15) is 0 Å². The van der Waals surface area contributed by atoms with Crippen molar-refractivity contribution in [3.05, 3.63) is 35.5 Å². The monoisotopic (exact) mass is 202 g/mol. The topological polar surface area (TPSA) is 45.1 Å². The van der Waals surface area contributed by atoms with Crippen LogP contribution in [0, 0.1) is 6.92 Å². The summed E-state index contributed by atoms with van der Waals surface area (Å²) in [5.74, 6) is 0.857. The van der Waals surface area contributed by atoms with E-state index < -0.39 is 0 Å². The number of nitrogens with zero attached hydrogens (tertiary/aromatic N) is 1. The number of aliphatic hydroxyl groups excluding tert-OH is 1. The van der Waals surface area contributed by atoms with E-state index >= 15 is 0 Å². The second-order valence-corrected chi connectivity index (χ2v) is 3.56. The maximum atomic E-state index is 9.06. The van der Waals surface area contributed by atoms with Crippen molar-refractivity contribution in [2.45, 2.75) is 13.5 Å². The molecule has 0 saturated heterocycles. The van der Waals surface area contributed by atoms with E-state index in [2.05, 4.69) is 10.3 Å².